The van der Waals surface area contributed by atoms with Gasteiger partial charge in [0.2, 0.25) is 5.95 Å². The lowest BCUT2D eigenvalue weighted by atomic mass is 10.0. The van der Waals surface area contributed by atoms with E-state index in [1.54, 1.807) is 32.2 Å². The van der Waals surface area contributed by atoms with Gasteiger partial charge in [-0.05, 0) is 37.5 Å². The van der Waals surface area contributed by atoms with Crippen molar-refractivity contribution in [1.29, 1.82) is 0 Å². The molecule has 3 rings (SSSR count). The standard InChI is InChI=1S/C15H20N4O4S/c1-10(14(20)21)11-5-6-13-12(9-11)17-15(16-2)19(13)24(22,23)18-7-3-4-8-18/h5-6,9-10H,3-4,7-8H2,1-2H3,(H,16,17)(H,20,21). The SMILES string of the molecule is CNc1nc2cc(C(C)C(=O)O)ccc2n1S(=O)(=O)N1CCCC1. The van der Waals surface area contributed by atoms with E-state index in [0.717, 1.165) is 12.8 Å². The number of anilines is 1. The lowest BCUT2D eigenvalue weighted by molar-refractivity contribution is -0.138. The molecule has 0 radical (unpaired) electrons. The fourth-order valence-corrected chi connectivity index (χ4v) is 4.62. The zero-order valence-corrected chi connectivity index (χ0v) is 14.4. The number of nitrogens with one attached hydrogen (secondary N) is 1. The van der Waals surface area contributed by atoms with Crippen molar-refractivity contribution in [2.75, 3.05) is 25.5 Å². The van der Waals surface area contributed by atoms with Crippen LogP contribution in [0.5, 0.6) is 0 Å². The number of imidazole rings is 1. The highest BCUT2D eigenvalue weighted by Gasteiger charge is 2.31. The maximum absolute atomic E-state index is 12.9. The van der Waals surface area contributed by atoms with Gasteiger partial charge in [-0.25, -0.2) is 4.98 Å². The Kier molecular flexibility index (Phi) is 4.22. The Morgan fingerprint density at radius 1 is 1.33 bits per heavy atom. The van der Waals surface area contributed by atoms with Crippen LogP contribution < -0.4 is 5.32 Å². The topological polar surface area (TPSA) is 105 Å². The van der Waals surface area contributed by atoms with Crippen molar-refractivity contribution in [2.24, 2.45) is 0 Å². The van der Waals surface area contributed by atoms with E-state index in [4.69, 9.17) is 5.11 Å². The number of aromatic nitrogens is 2. The van der Waals surface area contributed by atoms with Crippen molar-refractivity contribution >= 4 is 33.2 Å². The van der Waals surface area contributed by atoms with Crippen LogP contribution in [0, 0.1) is 0 Å². The molecule has 130 valence electrons. The highest BCUT2D eigenvalue weighted by Crippen LogP contribution is 2.28. The molecule has 1 fully saturated rings. The number of nitrogens with zero attached hydrogens (tertiary/aromatic N) is 3. The van der Waals surface area contributed by atoms with Crippen molar-refractivity contribution < 1.29 is 18.3 Å². The molecule has 1 saturated heterocycles. The molecule has 0 spiro atoms. The molecule has 0 amide bonds. The minimum absolute atomic E-state index is 0.219. The van der Waals surface area contributed by atoms with E-state index in [1.807, 2.05) is 0 Å². The first-order chi connectivity index (χ1) is 11.4. The summed E-state index contributed by atoms with van der Waals surface area (Å²) in [6, 6.07) is 4.88. The molecule has 24 heavy (non-hydrogen) atoms. The van der Waals surface area contributed by atoms with Gasteiger partial charge < -0.3 is 10.4 Å². The normalized spacial score (nSPS) is 17.2. The molecule has 2 heterocycles. The van der Waals surface area contributed by atoms with Crippen LogP contribution in [0.2, 0.25) is 0 Å². The lowest BCUT2D eigenvalue weighted by Gasteiger charge is -2.18. The van der Waals surface area contributed by atoms with Gasteiger partial charge in [-0.2, -0.15) is 16.7 Å². The van der Waals surface area contributed by atoms with Gasteiger partial charge >= 0.3 is 16.2 Å². The summed E-state index contributed by atoms with van der Waals surface area (Å²) < 4.78 is 28.5. The highest BCUT2D eigenvalue weighted by molar-refractivity contribution is 7.87. The molecule has 0 aliphatic carbocycles. The van der Waals surface area contributed by atoms with Gasteiger partial charge in [-0.15, -0.1) is 0 Å². The van der Waals surface area contributed by atoms with Crippen molar-refractivity contribution in [1.82, 2.24) is 13.3 Å². The zero-order valence-electron chi connectivity index (χ0n) is 13.6. The summed E-state index contributed by atoms with van der Waals surface area (Å²) in [4.78, 5) is 15.5. The van der Waals surface area contributed by atoms with Crippen LogP contribution in [-0.4, -0.2) is 52.9 Å². The monoisotopic (exact) mass is 352 g/mol. The van der Waals surface area contributed by atoms with E-state index in [9.17, 15) is 13.2 Å². The summed E-state index contributed by atoms with van der Waals surface area (Å²) in [6.45, 7) is 2.58. The molecule has 1 atom stereocenters. The van der Waals surface area contributed by atoms with Gasteiger partial charge in [0.05, 0.1) is 17.0 Å². The van der Waals surface area contributed by atoms with Crippen LogP contribution in [0.15, 0.2) is 18.2 Å². The van der Waals surface area contributed by atoms with E-state index in [-0.39, 0.29) is 5.95 Å². The maximum Gasteiger partial charge on any atom is 0.310 e. The fourth-order valence-electron chi connectivity index (χ4n) is 2.91. The minimum atomic E-state index is -3.71. The predicted molar refractivity (Wildman–Crippen MR) is 90.5 cm³/mol. The molecule has 0 bridgehead atoms. The third-order valence-corrected chi connectivity index (χ3v) is 6.20. The second-order valence-corrected chi connectivity index (χ2v) is 7.65. The molecule has 9 heteroatoms. The van der Waals surface area contributed by atoms with Crippen LogP contribution in [-0.2, 0) is 15.0 Å². The number of hydrogen-bond donors (Lipinski definition) is 2. The van der Waals surface area contributed by atoms with E-state index in [1.165, 1.54) is 8.28 Å². The van der Waals surface area contributed by atoms with Gasteiger partial charge in [0.25, 0.3) is 0 Å². The Hall–Kier alpha value is -2.13. The minimum Gasteiger partial charge on any atom is -0.481 e. The third kappa shape index (κ3) is 2.63. The first-order valence-corrected chi connectivity index (χ1v) is 9.19. The summed E-state index contributed by atoms with van der Waals surface area (Å²) >= 11 is 0. The van der Waals surface area contributed by atoms with Crippen molar-refractivity contribution in [3.05, 3.63) is 23.8 Å². The van der Waals surface area contributed by atoms with E-state index < -0.39 is 22.1 Å². The van der Waals surface area contributed by atoms with Gasteiger partial charge in [-0.3, -0.25) is 4.79 Å². The van der Waals surface area contributed by atoms with Gasteiger partial charge in [0.15, 0.2) is 0 Å². The molecule has 1 unspecified atom stereocenters. The van der Waals surface area contributed by atoms with Gasteiger partial charge in [0.1, 0.15) is 0 Å². The number of benzene rings is 1. The Morgan fingerprint density at radius 2 is 2.00 bits per heavy atom. The second kappa shape index (κ2) is 6.06. The number of hydrogen-bond acceptors (Lipinski definition) is 5. The average molecular weight is 352 g/mol. The highest BCUT2D eigenvalue weighted by atomic mass is 32.2. The van der Waals surface area contributed by atoms with Crippen molar-refractivity contribution in [2.45, 2.75) is 25.7 Å². The average Bonchev–Trinajstić information content (AvgIpc) is 3.20. The number of fused-ring (bicyclic) bond motifs is 1. The smallest absolute Gasteiger partial charge is 0.310 e. The third-order valence-electron chi connectivity index (χ3n) is 4.35. The van der Waals surface area contributed by atoms with Crippen LogP contribution in [0.4, 0.5) is 5.95 Å². The van der Waals surface area contributed by atoms with E-state index in [0.29, 0.717) is 29.7 Å². The summed E-state index contributed by atoms with van der Waals surface area (Å²) in [5.74, 6) is -1.41. The number of rotatable bonds is 5. The Labute approximate surface area is 140 Å². The summed E-state index contributed by atoms with van der Waals surface area (Å²) in [6.07, 6.45) is 1.70. The Balaban J connectivity index is 2.16. The van der Waals surface area contributed by atoms with Crippen LogP contribution in [0.1, 0.15) is 31.2 Å². The first-order valence-electron chi connectivity index (χ1n) is 7.80. The summed E-state index contributed by atoms with van der Waals surface area (Å²) in [5, 5.41) is 12.0. The predicted octanol–water partition coefficient (Wildman–Crippen LogP) is 1.45. The molecule has 1 aromatic carbocycles. The van der Waals surface area contributed by atoms with E-state index >= 15 is 0 Å². The number of carboxylic acids is 1. The zero-order chi connectivity index (χ0) is 17.5. The van der Waals surface area contributed by atoms with Crippen LogP contribution in [0.25, 0.3) is 11.0 Å². The molecule has 8 nitrogen and oxygen atoms in total. The molecule has 2 N–H and O–H groups in total. The van der Waals surface area contributed by atoms with Crippen molar-refractivity contribution in [3.63, 3.8) is 0 Å². The molecule has 1 aromatic heterocycles. The molecule has 1 aliphatic rings. The van der Waals surface area contributed by atoms with Gasteiger partial charge in [-0.1, -0.05) is 6.07 Å². The lowest BCUT2D eigenvalue weighted by Crippen LogP contribution is -2.33. The molecule has 0 saturated carbocycles. The number of aliphatic carboxylic acids is 1. The number of carbonyl (C=O) groups is 1. The first kappa shape index (κ1) is 16.7. The maximum atomic E-state index is 12.9. The molecule has 1 aliphatic heterocycles. The molecule has 2 aromatic rings. The summed E-state index contributed by atoms with van der Waals surface area (Å²) in [7, 11) is -2.10. The summed E-state index contributed by atoms with van der Waals surface area (Å²) in [5.41, 5.74) is 1.47. The van der Waals surface area contributed by atoms with Crippen molar-refractivity contribution in [3.8, 4) is 0 Å². The number of carboxylic acid groups (broad SMARTS) is 1. The second-order valence-electron chi connectivity index (χ2n) is 5.87. The Bertz CT molecular complexity index is 884. The van der Waals surface area contributed by atoms with E-state index in [2.05, 4.69) is 10.3 Å². The molecular weight excluding hydrogens is 332 g/mol. The molecular formula is C15H20N4O4S. The quantitative estimate of drug-likeness (QED) is 0.844. The largest absolute Gasteiger partial charge is 0.481 e. The van der Waals surface area contributed by atoms with Crippen LogP contribution in [0.3, 0.4) is 0 Å². The van der Waals surface area contributed by atoms with Gasteiger partial charge in [0, 0.05) is 20.1 Å². The Morgan fingerprint density at radius 3 is 2.58 bits per heavy atom. The fraction of sp³-hybridized carbons (Fsp3) is 0.467. The van der Waals surface area contributed by atoms with Crippen LogP contribution >= 0.6 is 0 Å².